The molecule has 0 unspecified atom stereocenters. The van der Waals surface area contributed by atoms with E-state index in [1.807, 2.05) is 0 Å². The second-order valence-electron chi connectivity index (χ2n) is 6.19. The molecule has 0 bridgehead atoms. The summed E-state index contributed by atoms with van der Waals surface area (Å²) in [6, 6.07) is 6.76. The van der Waals surface area contributed by atoms with Crippen molar-refractivity contribution in [2.45, 2.75) is 38.0 Å². The molecule has 3 rings (SSSR count). The van der Waals surface area contributed by atoms with Crippen LogP contribution >= 0.6 is 0 Å². The molecule has 1 N–H and O–H groups in total. The van der Waals surface area contributed by atoms with Gasteiger partial charge < -0.3 is 9.84 Å². The monoisotopic (exact) mass is 304 g/mol. The second kappa shape index (κ2) is 6.74. The van der Waals surface area contributed by atoms with Gasteiger partial charge in [0.15, 0.2) is 0 Å². The Balaban J connectivity index is 1.75. The van der Waals surface area contributed by atoms with Crippen molar-refractivity contribution in [1.29, 1.82) is 5.26 Å². The van der Waals surface area contributed by atoms with Gasteiger partial charge in [0.1, 0.15) is 5.82 Å². The summed E-state index contributed by atoms with van der Waals surface area (Å²) in [5.41, 5.74) is 1.03. The maximum absolute atomic E-state index is 14.0. The molecule has 1 aromatic carbocycles. The van der Waals surface area contributed by atoms with Crippen molar-refractivity contribution in [2.24, 2.45) is 5.92 Å². The number of rotatable bonds is 3. The van der Waals surface area contributed by atoms with E-state index in [1.165, 1.54) is 12.1 Å². The van der Waals surface area contributed by atoms with Crippen LogP contribution in [0.2, 0.25) is 0 Å². The van der Waals surface area contributed by atoms with E-state index in [9.17, 15) is 9.50 Å². The fourth-order valence-electron chi connectivity index (χ4n) is 3.63. The molecular weight excluding hydrogens is 283 g/mol. The van der Waals surface area contributed by atoms with E-state index in [1.54, 1.807) is 6.07 Å². The Morgan fingerprint density at radius 1 is 1.41 bits per heavy atom. The standard InChI is InChI=1S/C17H21FN2O2/c18-15-4-3-12(9-19)8-13(15)10-20-6-1-2-16(20)14-11-22-7-5-17(14)21/h3-4,8,14,16-17,21H,1-2,5-7,10-11H2/t14-,16-,17+/m1/s1. The predicted octanol–water partition coefficient (Wildman–Crippen LogP) is 2.06. The third-order valence-electron chi connectivity index (χ3n) is 4.82. The summed E-state index contributed by atoms with van der Waals surface area (Å²) in [4.78, 5) is 2.22. The third-order valence-corrected chi connectivity index (χ3v) is 4.82. The first kappa shape index (κ1) is 15.4. The normalized spacial score (nSPS) is 29.4. The molecule has 4 nitrogen and oxygen atoms in total. The van der Waals surface area contributed by atoms with Crippen LogP contribution in [0.4, 0.5) is 4.39 Å². The summed E-state index contributed by atoms with van der Waals surface area (Å²) in [6.07, 6.45) is 2.39. The number of halogens is 1. The minimum atomic E-state index is -0.338. The second-order valence-corrected chi connectivity index (χ2v) is 6.19. The summed E-state index contributed by atoms with van der Waals surface area (Å²) >= 11 is 0. The molecule has 22 heavy (non-hydrogen) atoms. The van der Waals surface area contributed by atoms with Crippen LogP contribution in [0.25, 0.3) is 0 Å². The fraction of sp³-hybridized carbons (Fsp3) is 0.588. The number of benzene rings is 1. The van der Waals surface area contributed by atoms with Crippen molar-refractivity contribution in [3.05, 3.63) is 35.1 Å². The van der Waals surface area contributed by atoms with E-state index in [4.69, 9.17) is 10.00 Å². The number of likely N-dealkylation sites (tertiary alicyclic amines) is 1. The fourth-order valence-corrected chi connectivity index (χ4v) is 3.63. The molecule has 2 fully saturated rings. The SMILES string of the molecule is N#Cc1ccc(F)c(CN2CCC[C@@H]2[C@H]2COCC[C@@H]2O)c1. The first-order valence-electron chi connectivity index (χ1n) is 7.87. The Kier molecular flexibility index (Phi) is 4.72. The van der Waals surface area contributed by atoms with E-state index < -0.39 is 0 Å². The number of aliphatic hydroxyl groups excluding tert-OH is 1. The van der Waals surface area contributed by atoms with Crippen molar-refractivity contribution in [1.82, 2.24) is 4.90 Å². The predicted molar refractivity (Wildman–Crippen MR) is 79.5 cm³/mol. The zero-order chi connectivity index (χ0) is 15.5. The molecule has 2 aliphatic rings. The van der Waals surface area contributed by atoms with Crippen molar-refractivity contribution in [3.8, 4) is 6.07 Å². The van der Waals surface area contributed by atoms with Crippen LogP contribution in [0, 0.1) is 23.1 Å². The molecular formula is C17H21FN2O2. The zero-order valence-corrected chi connectivity index (χ0v) is 12.5. The van der Waals surface area contributed by atoms with Gasteiger partial charge in [-0.1, -0.05) is 0 Å². The highest BCUT2D eigenvalue weighted by Crippen LogP contribution is 2.31. The van der Waals surface area contributed by atoms with E-state index in [-0.39, 0.29) is 23.9 Å². The Morgan fingerprint density at radius 2 is 2.27 bits per heavy atom. The minimum absolute atomic E-state index is 0.0958. The molecule has 0 saturated carbocycles. The topological polar surface area (TPSA) is 56.5 Å². The van der Waals surface area contributed by atoms with E-state index in [2.05, 4.69) is 11.0 Å². The van der Waals surface area contributed by atoms with Gasteiger partial charge >= 0.3 is 0 Å². The molecule has 2 aliphatic heterocycles. The Morgan fingerprint density at radius 3 is 3.05 bits per heavy atom. The number of ether oxygens (including phenoxy) is 1. The minimum Gasteiger partial charge on any atom is -0.393 e. The molecule has 0 radical (unpaired) electrons. The van der Waals surface area contributed by atoms with Gasteiger partial charge in [0, 0.05) is 30.7 Å². The quantitative estimate of drug-likeness (QED) is 0.928. The Bertz CT molecular complexity index is 572. The maximum Gasteiger partial charge on any atom is 0.127 e. The first-order chi connectivity index (χ1) is 10.7. The largest absolute Gasteiger partial charge is 0.393 e. The van der Waals surface area contributed by atoms with Crippen LogP contribution in [0.3, 0.4) is 0 Å². The lowest BCUT2D eigenvalue weighted by atomic mass is 9.89. The zero-order valence-electron chi connectivity index (χ0n) is 12.5. The van der Waals surface area contributed by atoms with Gasteiger partial charge in [-0.25, -0.2) is 4.39 Å². The molecule has 1 aromatic rings. The van der Waals surface area contributed by atoms with Crippen LogP contribution in [0.5, 0.6) is 0 Å². The highest BCUT2D eigenvalue weighted by atomic mass is 19.1. The summed E-state index contributed by atoms with van der Waals surface area (Å²) < 4.78 is 19.5. The van der Waals surface area contributed by atoms with Crippen LogP contribution in [-0.2, 0) is 11.3 Å². The van der Waals surface area contributed by atoms with Gasteiger partial charge in [0.2, 0.25) is 0 Å². The summed E-state index contributed by atoms with van der Waals surface area (Å²) in [5.74, 6) is -0.177. The summed E-state index contributed by atoms with van der Waals surface area (Å²) in [6.45, 7) is 2.56. The molecule has 0 aliphatic carbocycles. The number of nitrogens with zero attached hydrogens (tertiary/aromatic N) is 2. The van der Waals surface area contributed by atoms with Crippen molar-refractivity contribution in [2.75, 3.05) is 19.8 Å². The lowest BCUT2D eigenvalue weighted by molar-refractivity contribution is -0.0636. The number of hydrogen-bond acceptors (Lipinski definition) is 4. The number of aliphatic hydroxyl groups is 1. The van der Waals surface area contributed by atoms with Crippen molar-refractivity contribution in [3.63, 3.8) is 0 Å². The van der Waals surface area contributed by atoms with Crippen LogP contribution < -0.4 is 0 Å². The average molecular weight is 304 g/mol. The van der Waals surface area contributed by atoms with Gasteiger partial charge in [0.05, 0.1) is 24.3 Å². The Hall–Kier alpha value is -1.48. The molecule has 0 amide bonds. The van der Waals surface area contributed by atoms with Gasteiger partial charge in [-0.15, -0.1) is 0 Å². The molecule has 118 valence electrons. The van der Waals surface area contributed by atoms with E-state index in [0.29, 0.717) is 37.3 Å². The highest BCUT2D eigenvalue weighted by molar-refractivity contribution is 5.33. The number of nitriles is 1. The lowest BCUT2D eigenvalue weighted by Crippen LogP contribution is -2.45. The van der Waals surface area contributed by atoms with E-state index >= 15 is 0 Å². The molecule has 2 saturated heterocycles. The molecule has 5 heteroatoms. The molecule has 0 aromatic heterocycles. The van der Waals surface area contributed by atoms with Gasteiger partial charge in [-0.3, -0.25) is 4.90 Å². The summed E-state index contributed by atoms with van der Waals surface area (Å²) in [5, 5.41) is 19.2. The van der Waals surface area contributed by atoms with Gasteiger partial charge in [-0.05, 0) is 44.0 Å². The van der Waals surface area contributed by atoms with E-state index in [0.717, 1.165) is 19.4 Å². The Labute approximate surface area is 130 Å². The van der Waals surface area contributed by atoms with Crippen LogP contribution in [0.15, 0.2) is 18.2 Å². The average Bonchev–Trinajstić information content (AvgIpc) is 2.98. The third kappa shape index (κ3) is 3.14. The van der Waals surface area contributed by atoms with Crippen LogP contribution in [-0.4, -0.2) is 41.9 Å². The van der Waals surface area contributed by atoms with Gasteiger partial charge in [-0.2, -0.15) is 5.26 Å². The maximum atomic E-state index is 14.0. The first-order valence-corrected chi connectivity index (χ1v) is 7.87. The highest BCUT2D eigenvalue weighted by Gasteiger charge is 2.37. The molecule has 0 spiro atoms. The van der Waals surface area contributed by atoms with Crippen molar-refractivity contribution >= 4 is 0 Å². The summed E-state index contributed by atoms with van der Waals surface area (Å²) in [7, 11) is 0. The van der Waals surface area contributed by atoms with Crippen molar-refractivity contribution < 1.29 is 14.2 Å². The smallest absolute Gasteiger partial charge is 0.127 e. The lowest BCUT2D eigenvalue weighted by Gasteiger charge is -2.37. The molecule has 3 atom stereocenters. The van der Waals surface area contributed by atoms with Crippen LogP contribution in [0.1, 0.15) is 30.4 Å². The van der Waals surface area contributed by atoms with Gasteiger partial charge in [0.25, 0.3) is 0 Å². The molecule has 2 heterocycles. The number of hydrogen-bond donors (Lipinski definition) is 1.